The molecule has 1 nitrogen and oxygen atoms in total. The van der Waals surface area contributed by atoms with Crippen molar-refractivity contribution in [2.75, 3.05) is 0 Å². The summed E-state index contributed by atoms with van der Waals surface area (Å²) in [7, 11) is 2.68. The van der Waals surface area contributed by atoms with Crippen LogP contribution in [0.5, 0.6) is 0 Å². The normalized spacial score (nSPS) is 9.00. The quantitative estimate of drug-likeness (QED) is 0.288. The summed E-state index contributed by atoms with van der Waals surface area (Å²) in [6.45, 7) is 0. The Hall–Kier alpha value is -1.07. The number of hydrogen-bond acceptors (Lipinski definition) is 0. The average molecular weight is 284 g/mol. The molecule has 0 aliphatic rings. The summed E-state index contributed by atoms with van der Waals surface area (Å²) in [5.41, 5.74) is 1.15. The fourth-order valence-corrected chi connectivity index (χ4v) is 1.76. The molecule has 88 valence electrons. The third-order valence-corrected chi connectivity index (χ3v) is 2.70. The van der Waals surface area contributed by atoms with Gasteiger partial charge in [-0.2, -0.15) is 50.9 Å². The Kier molecular flexibility index (Phi) is 6.00. The molecule has 0 N–H and O–H groups in total. The summed E-state index contributed by atoms with van der Waals surface area (Å²) < 4.78 is 5.25. The third-order valence-electron chi connectivity index (χ3n) is 2.19. The Bertz CT molecular complexity index is 477. The molecule has 17 heavy (non-hydrogen) atoms. The molecule has 3 aromatic rings. The van der Waals surface area contributed by atoms with Crippen LogP contribution in [0, 0.1) is 0 Å². The summed E-state index contributed by atoms with van der Waals surface area (Å²) in [5, 5.41) is 1.18. The molecule has 0 aliphatic heterocycles. The van der Waals surface area contributed by atoms with Crippen molar-refractivity contribution in [2.24, 2.45) is 0 Å². The second-order valence-electron chi connectivity index (χ2n) is 3.33. The molecule has 0 bridgehead atoms. The fraction of sp³-hybridized carbons (Fsp3) is 0. The van der Waals surface area contributed by atoms with Gasteiger partial charge in [0.2, 0.25) is 12.0 Å². The standard InChI is InChI=1S/C9H8OP.C5H5.Fe/c11-9-5-1-3-7(9)8-4-2-6-10-8;1-2-4-5-3-1;/h1-6H,11H2;1-5H;/q2*-1;+2. The Morgan fingerprint density at radius 1 is 1.12 bits per heavy atom. The Labute approximate surface area is 114 Å². The second-order valence-corrected chi connectivity index (χ2v) is 3.96. The van der Waals surface area contributed by atoms with Crippen LogP contribution in [0.15, 0.2) is 71.3 Å². The van der Waals surface area contributed by atoms with E-state index in [1.165, 1.54) is 5.30 Å². The zero-order valence-corrected chi connectivity index (χ0v) is 11.4. The Balaban J connectivity index is 0.000000205. The van der Waals surface area contributed by atoms with E-state index in [2.05, 4.69) is 9.24 Å². The molecule has 0 saturated heterocycles. The summed E-state index contributed by atoms with van der Waals surface area (Å²) in [5.74, 6) is 0.931. The van der Waals surface area contributed by atoms with Crippen LogP contribution < -0.4 is 5.30 Å². The van der Waals surface area contributed by atoms with E-state index in [9.17, 15) is 0 Å². The molecule has 3 rings (SSSR count). The maximum absolute atomic E-state index is 5.25. The number of hydrogen-bond donors (Lipinski definition) is 0. The summed E-state index contributed by atoms with van der Waals surface area (Å²) in [6.07, 6.45) is 1.69. The van der Waals surface area contributed by atoms with Gasteiger partial charge < -0.3 is 4.42 Å². The molecule has 0 radical (unpaired) electrons. The first-order chi connectivity index (χ1) is 7.88. The maximum atomic E-state index is 5.25. The van der Waals surface area contributed by atoms with Crippen molar-refractivity contribution in [3.63, 3.8) is 0 Å². The van der Waals surface area contributed by atoms with Gasteiger partial charge in [0.05, 0.1) is 0 Å². The summed E-state index contributed by atoms with van der Waals surface area (Å²) >= 11 is 0. The largest absolute Gasteiger partial charge is 2.00 e. The van der Waals surface area contributed by atoms with Crippen molar-refractivity contribution in [1.82, 2.24) is 0 Å². The number of rotatable bonds is 1. The van der Waals surface area contributed by atoms with Crippen molar-refractivity contribution < 1.29 is 21.5 Å². The van der Waals surface area contributed by atoms with Crippen LogP contribution >= 0.6 is 9.24 Å². The SMILES string of the molecule is Pc1[cH-]ccc1-[c-]1ccc[o+]1.[Fe+2].c1cc[cH-]c1. The van der Waals surface area contributed by atoms with Crippen molar-refractivity contribution in [3.05, 3.63) is 66.9 Å². The van der Waals surface area contributed by atoms with Gasteiger partial charge in [0.25, 0.3) is 0 Å². The Morgan fingerprint density at radius 2 is 1.88 bits per heavy atom. The average Bonchev–Trinajstić information content (AvgIpc) is 3.02. The minimum Gasteiger partial charge on any atom is -0.307 e. The molecule has 0 fully saturated rings. The molecule has 0 saturated carbocycles. The minimum absolute atomic E-state index is 0. The van der Waals surface area contributed by atoms with Crippen LogP contribution in [0.1, 0.15) is 0 Å². The molecular formula is C14H13FeOP. The van der Waals surface area contributed by atoms with Gasteiger partial charge in [-0.15, -0.1) is 5.56 Å². The van der Waals surface area contributed by atoms with Crippen molar-refractivity contribution in [3.8, 4) is 11.3 Å². The van der Waals surface area contributed by atoms with Crippen molar-refractivity contribution in [1.29, 1.82) is 0 Å². The fourth-order valence-electron chi connectivity index (χ4n) is 1.41. The molecule has 1 aromatic heterocycles. The van der Waals surface area contributed by atoms with Crippen LogP contribution in [0.4, 0.5) is 0 Å². The number of furan rings is 1. The maximum Gasteiger partial charge on any atom is 2.00 e. The van der Waals surface area contributed by atoms with Crippen LogP contribution in [0.25, 0.3) is 11.3 Å². The molecular weight excluding hydrogens is 271 g/mol. The molecule has 0 spiro atoms. The summed E-state index contributed by atoms with van der Waals surface area (Å²) in [6, 6.07) is 20.0. The van der Waals surface area contributed by atoms with Crippen molar-refractivity contribution in [2.45, 2.75) is 0 Å². The Morgan fingerprint density at radius 3 is 2.29 bits per heavy atom. The van der Waals surface area contributed by atoms with Crippen molar-refractivity contribution >= 4 is 14.5 Å². The smallest absolute Gasteiger partial charge is 0.307 e. The van der Waals surface area contributed by atoms with Crippen LogP contribution in [0.3, 0.4) is 0 Å². The molecule has 0 amide bonds. The monoisotopic (exact) mass is 284 g/mol. The van der Waals surface area contributed by atoms with Gasteiger partial charge >= 0.3 is 17.1 Å². The van der Waals surface area contributed by atoms with Crippen LogP contribution in [0.2, 0.25) is 0 Å². The van der Waals surface area contributed by atoms with Crippen LogP contribution in [-0.2, 0) is 17.1 Å². The van der Waals surface area contributed by atoms with Gasteiger partial charge in [-0.05, 0) is 12.1 Å². The first kappa shape index (κ1) is 14.0. The van der Waals surface area contributed by atoms with Crippen LogP contribution in [-0.4, -0.2) is 0 Å². The van der Waals surface area contributed by atoms with Gasteiger partial charge in [-0.3, -0.25) is 0 Å². The molecule has 1 heterocycles. The summed E-state index contributed by atoms with van der Waals surface area (Å²) in [4.78, 5) is 0. The van der Waals surface area contributed by atoms with E-state index < -0.39 is 0 Å². The predicted octanol–water partition coefficient (Wildman–Crippen LogP) is 3.57. The molecule has 1 unspecified atom stereocenters. The van der Waals surface area contributed by atoms with E-state index in [0.717, 1.165) is 11.3 Å². The first-order valence-corrected chi connectivity index (χ1v) is 5.67. The first-order valence-electron chi connectivity index (χ1n) is 5.09. The van der Waals surface area contributed by atoms with Gasteiger partial charge in [0, 0.05) is 0 Å². The zero-order chi connectivity index (χ0) is 11.2. The second kappa shape index (κ2) is 7.29. The predicted molar refractivity (Wildman–Crippen MR) is 71.1 cm³/mol. The van der Waals surface area contributed by atoms with Gasteiger partial charge in [0.15, 0.2) is 0 Å². The topological polar surface area (TPSA) is 11.3 Å². The van der Waals surface area contributed by atoms with Gasteiger partial charge in [-0.1, -0.05) is 0 Å². The molecule has 1 atom stereocenters. The zero-order valence-electron chi connectivity index (χ0n) is 9.19. The van der Waals surface area contributed by atoms with Gasteiger partial charge in [-0.25, -0.2) is 12.1 Å². The minimum atomic E-state index is 0. The third kappa shape index (κ3) is 4.02. The molecule has 2 aromatic carbocycles. The van der Waals surface area contributed by atoms with E-state index in [1.807, 2.05) is 60.7 Å². The van der Waals surface area contributed by atoms with E-state index in [-0.39, 0.29) is 17.1 Å². The van der Waals surface area contributed by atoms with E-state index in [4.69, 9.17) is 4.42 Å². The molecule has 0 aliphatic carbocycles. The van der Waals surface area contributed by atoms with E-state index in [0.29, 0.717) is 0 Å². The van der Waals surface area contributed by atoms with E-state index in [1.54, 1.807) is 6.26 Å². The van der Waals surface area contributed by atoms with Gasteiger partial charge in [0.1, 0.15) is 0 Å². The van der Waals surface area contributed by atoms with E-state index >= 15 is 0 Å². The molecule has 3 heteroatoms.